The topological polar surface area (TPSA) is 75.9 Å². The van der Waals surface area contributed by atoms with Gasteiger partial charge < -0.3 is 5.32 Å². The lowest BCUT2D eigenvalue weighted by Crippen LogP contribution is -2.30. The summed E-state index contributed by atoms with van der Waals surface area (Å²) in [5.74, 6) is 1.80. The second kappa shape index (κ2) is 8.21. The van der Waals surface area contributed by atoms with Crippen LogP contribution in [0.25, 0.3) is 0 Å². The summed E-state index contributed by atoms with van der Waals surface area (Å²) < 4.78 is 1.60. The van der Waals surface area contributed by atoms with Gasteiger partial charge in [0.25, 0.3) is 0 Å². The molecule has 0 aliphatic carbocycles. The van der Waals surface area contributed by atoms with E-state index < -0.39 is 0 Å². The molecule has 1 aliphatic rings. The number of aromatic nitrogens is 4. The predicted octanol–water partition coefficient (Wildman–Crippen LogP) is 0.138. The molecule has 1 N–H and O–H groups in total. The smallest absolute Gasteiger partial charge is 0.241 e. The van der Waals surface area contributed by atoms with Crippen molar-refractivity contribution in [2.75, 3.05) is 31.6 Å². The fourth-order valence-electron chi connectivity index (χ4n) is 2.24. The van der Waals surface area contributed by atoms with Crippen molar-refractivity contribution in [3.8, 4) is 0 Å². The molecule has 2 heterocycles. The Morgan fingerprint density at radius 3 is 2.95 bits per heavy atom. The number of tetrazole rings is 1. The first-order valence-corrected chi connectivity index (χ1v) is 8.42. The monoisotopic (exact) mass is 298 g/mol. The van der Waals surface area contributed by atoms with Crippen LogP contribution in [0, 0.1) is 0 Å². The van der Waals surface area contributed by atoms with Crippen LogP contribution >= 0.6 is 11.8 Å². The van der Waals surface area contributed by atoms with Gasteiger partial charge >= 0.3 is 0 Å². The van der Waals surface area contributed by atoms with Gasteiger partial charge in [0, 0.05) is 6.54 Å². The summed E-state index contributed by atoms with van der Waals surface area (Å²) in [6, 6.07) is 0. The van der Waals surface area contributed by atoms with Crippen LogP contribution in [-0.2, 0) is 17.9 Å². The van der Waals surface area contributed by atoms with Gasteiger partial charge in [-0.15, -0.1) is 5.10 Å². The maximum atomic E-state index is 11.8. The van der Waals surface area contributed by atoms with E-state index in [1.54, 1.807) is 16.4 Å². The van der Waals surface area contributed by atoms with Crippen molar-refractivity contribution in [1.82, 2.24) is 30.4 Å². The SMILES string of the molecule is CSCCCNC(=O)Cn1nnnc1CN1CCCC1. The van der Waals surface area contributed by atoms with Gasteiger partial charge in [-0.3, -0.25) is 9.69 Å². The number of carbonyl (C=O) groups excluding carboxylic acids is 1. The highest BCUT2D eigenvalue weighted by Gasteiger charge is 2.16. The van der Waals surface area contributed by atoms with Crippen LogP contribution in [0.4, 0.5) is 0 Å². The van der Waals surface area contributed by atoms with Crippen LogP contribution in [0.5, 0.6) is 0 Å². The summed E-state index contributed by atoms with van der Waals surface area (Å²) in [6.07, 6.45) is 5.52. The highest BCUT2D eigenvalue weighted by Crippen LogP contribution is 2.10. The number of carbonyl (C=O) groups is 1. The first-order valence-electron chi connectivity index (χ1n) is 7.02. The van der Waals surface area contributed by atoms with E-state index in [0.29, 0.717) is 6.54 Å². The van der Waals surface area contributed by atoms with Gasteiger partial charge in [0.05, 0.1) is 6.54 Å². The molecule has 1 amide bonds. The van der Waals surface area contributed by atoms with Crippen molar-refractivity contribution in [2.45, 2.75) is 32.4 Å². The van der Waals surface area contributed by atoms with Crippen molar-refractivity contribution in [1.29, 1.82) is 0 Å². The maximum absolute atomic E-state index is 11.8. The molecule has 1 aromatic rings. The molecule has 1 fully saturated rings. The first kappa shape index (κ1) is 15.2. The molecule has 0 radical (unpaired) electrons. The fourth-order valence-corrected chi connectivity index (χ4v) is 2.67. The molecule has 1 aromatic heterocycles. The number of amides is 1. The molecule has 1 saturated heterocycles. The lowest BCUT2D eigenvalue weighted by Gasteiger charge is -2.13. The number of hydrogen-bond acceptors (Lipinski definition) is 6. The van der Waals surface area contributed by atoms with E-state index in [0.717, 1.165) is 37.6 Å². The van der Waals surface area contributed by atoms with E-state index in [2.05, 4.69) is 32.0 Å². The summed E-state index contributed by atoms with van der Waals surface area (Å²) in [5.41, 5.74) is 0. The first-order chi connectivity index (χ1) is 9.79. The van der Waals surface area contributed by atoms with Crippen LogP contribution in [0.3, 0.4) is 0 Å². The quantitative estimate of drug-likeness (QED) is 0.688. The van der Waals surface area contributed by atoms with Gasteiger partial charge in [0.15, 0.2) is 5.82 Å². The standard InChI is InChI=1S/C12H22N6OS/c1-20-8-4-5-13-12(19)10-18-11(14-15-16-18)9-17-6-2-3-7-17/h2-10H2,1H3,(H,13,19). The minimum atomic E-state index is -0.0268. The minimum Gasteiger partial charge on any atom is -0.354 e. The minimum absolute atomic E-state index is 0.0268. The third-order valence-electron chi connectivity index (χ3n) is 3.31. The van der Waals surface area contributed by atoms with Gasteiger partial charge in [-0.1, -0.05) is 0 Å². The van der Waals surface area contributed by atoms with Crippen LogP contribution in [-0.4, -0.2) is 62.7 Å². The zero-order valence-electron chi connectivity index (χ0n) is 11.9. The van der Waals surface area contributed by atoms with E-state index in [4.69, 9.17) is 0 Å². The fraction of sp³-hybridized carbons (Fsp3) is 0.833. The number of hydrogen-bond donors (Lipinski definition) is 1. The summed E-state index contributed by atoms with van der Waals surface area (Å²) in [5, 5.41) is 14.5. The Bertz CT molecular complexity index is 418. The molecular formula is C12H22N6OS. The lowest BCUT2D eigenvalue weighted by molar-refractivity contribution is -0.121. The zero-order valence-corrected chi connectivity index (χ0v) is 12.7. The maximum Gasteiger partial charge on any atom is 0.241 e. The molecule has 0 atom stereocenters. The van der Waals surface area contributed by atoms with Gasteiger partial charge in [0.1, 0.15) is 6.54 Å². The number of likely N-dealkylation sites (tertiary alicyclic amines) is 1. The third-order valence-corrected chi connectivity index (χ3v) is 4.01. The van der Waals surface area contributed by atoms with Crippen LogP contribution in [0.2, 0.25) is 0 Å². The summed E-state index contributed by atoms with van der Waals surface area (Å²) >= 11 is 1.78. The van der Waals surface area contributed by atoms with Gasteiger partial charge in [-0.25, -0.2) is 4.68 Å². The van der Waals surface area contributed by atoms with E-state index in [9.17, 15) is 4.79 Å². The highest BCUT2D eigenvalue weighted by atomic mass is 32.2. The number of nitrogens with zero attached hydrogens (tertiary/aromatic N) is 5. The Kier molecular flexibility index (Phi) is 6.25. The van der Waals surface area contributed by atoms with Crippen molar-refractivity contribution in [3.05, 3.63) is 5.82 Å². The number of thioether (sulfide) groups is 1. The molecule has 0 saturated carbocycles. The molecular weight excluding hydrogens is 276 g/mol. The predicted molar refractivity (Wildman–Crippen MR) is 78.3 cm³/mol. The van der Waals surface area contributed by atoms with Crippen LogP contribution < -0.4 is 5.32 Å². The third kappa shape index (κ3) is 4.75. The van der Waals surface area contributed by atoms with Crippen molar-refractivity contribution >= 4 is 17.7 Å². The van der Waals surface area contributed by atoms with Crippen LogP contribution in [0.15, 0.2) is 0 Å². The Balaban J connectivity index is 1.77. The van der Waals surface area contributed by atoms with Gasteiger partial charge in [0.2, 0.25) is 5.91 Å². The molecule has 7 nitrogen and oxygen atoms in total. The molecule has 1 aliphatic heterocycles. The molecule has 20 heavy (non-hydrogen) atoms. The second-order valence-corrected chi connectivity index (χ2v) is 5.92. The average Bonchev–Trinajstić information content (AvgIpc) is 3.08. The Morgan fingerprint density at radius 1 is 1.40 bits per heavy atom. The lowest BCUT2D eigenvalue weighted by atomic mass is 10.4. The van der Waals surface area contributed by atoms with Gasteiger partial charge in [-0.2, -0.15) is 11.8 Å². The summed E-state index contributed by atoms with van der Waals surface area (Å²) in [6.45, 7) is 3.83. The molecule has 112 valence electrons. The van der Waals surface area contributed by atoms with Crippen LogP contribution in [0.1, 0.15) is 25.1 Å². The molecule has 0 unspecified atom stereocenters. The largest absolute Gasteiger partial charge is 0.354 e. The van der Waals surface area contributed by atoms with Crippen molar-refractivity contribution < 1.29 is 4.79 Å². The molecule has 0 aromatic carbocycles. The molecule has 0 bridgehead atoms. The highest BCUT2D eigenvalue weighted by molar-refractivity contribution is 7.98. The van der Waals surface area contributed by atoms with E-state index >= 15 is 0 Å². The molecule has 0 spiro atoms. The average molecular weight is 298 g/mol. The number of rotatable bonds is 8. The Labute approximate surface area is 123 Å². The summed E-state index contributed by atoms with van der Waals surface area (Å²) in [4.78, 5) is 14.1. The van der Waals surface area contributed by atoms with E-state index in [-0.39, 0.29) is 12.5 Å². The molecule has 2 rings (SSSR count). The molecule has 8 heteroatoms. The van der Waals surface area contributed by atoms with Gasteiger partial charge in [-0.05, 0) is 54.8 Å². The van der Waals surface area contributed by atoms with Crippen molar-refractivity contribution in [2.24, 2.45) is 0 Å². The normalized spacial score (nSPS) is 15.7. The Hall–Kier alpha value is -1.15. The van der Waals surface area contributed by atoms with E-state index in [1.165, 1.54) is 12.8 Å². The summed E-state index contributed by atoms with van der Waals surface area (Å²) in [7, 11) is 0. The second-order valence-electron chi connectivity index (χ2n) is 4.93. The van der Waals surface area contributed by atoms with Crippen molar-refractivity contribution in [3.63, 3.8) is 0 Å². The Morgan fingerprint density at radius 2 is 2.20 bits per heavy atom. The number of nitrogens with one attached hydrogen (secondary N) is 1. The zero-order chi connectivity index (χ0) is 14.2. The van der Waals surface area contributed by atoms with E-state index in [1.807, 2.05) is 0 Å².